The van der Waals surface area contributed by atoms with Gasteiger partial charge in [0, 0.05) is 5.57 Å². The second kappa shape index (κ2) is 5.19. The Morgan fingerprint density at radius 3 is 2.21 bits per heavy atom. The minimum Gasteiger partial charge on any atom is -0.468 e. The van der Waals surface area contributed by atoms with Crippen LogP contribution in [-0.4, -0.2) is 0 Å². The maximum atomic E-state index is 9.79. The van der Waals surface area contributed by atoms with Gasteiger partial charge < -0.3 is 14.6 Å². The summed E-state index contributed by atoms with van der Waals surface area (Å²) in [5.41, 5.74) is 3.57. The fourth-order valence-corrected chi connectivity index (χ4v) is 3.04. The van der Waals surface area contributed by atoms with Crippen LogP contribution in [0.5, 0.6) is 0 Å². The van der Waals surface area contributed by atoms with Crippen LogP contribution in [0.3, 0.4) is 0 Å². The lowest BCUT2D eigenvalue weighted by atomic mass is 9.58. The van der Waals surface area contributed by atoms with Crippen molar-refractivity contribution < 1.29 is 8.83 Å². The Morgan fingerprint density at radius 1 is 1.04 bits per heavy atom. The van der Waals surface area contributed by atoms with Crippen LogP contribution in [0.4, 0.5) is 0 Å². The summed E-state index contributed by atoms with van der Waals surface area (Å²) in [6.07, 6.45) is 4.58. The van der Waals surface area contributed by atoms with Gasteiger partial charge in [-0.05, 0) is 31.2 Å². The number of allylic oxidation sites excluding steroid dienone is 4. The molecule has 24 heavy (non-hydrogen) atoms. The number of nitrogens with two attached hydrogens (primary N) is 1. The highest BCUT2D eigenvalue weighted by Crippen LogP contribution is 2.53. The first-order valence-electron chi connectivity index (χ1n) is 7.08. The van der Waals surface area contributed by atoms with Gasteiger partial charge in [0.15, 0.2) is 5.41 Å². The summed E-state index contributed by atoms with van der Waals surface area (Å²) in [4.78, 5) is 0. The molecule has 1 aliphatic carbocycles. The number of hydrogen-bond donors (Lipinski definition) is 1. The van der Waals surface area contributed by atoms with E-state index in [1.54, 1.807) is 37.3 Å². The minimum atomic E-state index is -1.77. The average molecular weight is 316 g/mol. The molecule has 116 valence electrons. The topological polar surface area (TPSA) is 124 Å². The van der Waals surface area contributed by atoms with Gasteiger partial charge in [-0.1, -0.05) is 6.08 Å². The molecule has 2 aromatic heterocycles. The van der Waals surface area contributed by atoms with Gasteiger partial charge in [0.1, 0.15) is 17.6 Å². The van der Waals surface area contributed by atoms with Gasteiger partial charge in [-0.2, -0.15) is 15.8 Å². The number of furan rings is 2. The van der Waals surface area contributed by atoms with Crippen molar-refractivity contribution in [2.45, 2.75) is 12.3 Å². The molecule has 1 atom stereocenters. The number of hydrogen-bond acceptors (Lipinski definition) is 6. The molecule has 0 spiro atoms. The zero-order chi connectivity index (χ0) is 17.4. The lowest BCUT2D eigenvalue weighted by molar-refractivity contribution is 0.314. The second-order valence-corrected chi connectivity index (χ2v) is 5.59. The largest absolute Gasteiger partial charge is 0.468 e. The van der Waals surface area contributed by atoms with Crippen LogP contribution in [0.1, 0.15) is 18.4 Å². The molecule has 0 aliphatic heterocycles. The Hall–Kier alpha value is -3.69. The Balaban J connectivity index is 2.40. The van der Waals surface area contributed by atoms with Crippen LogP contribution in [0, 0.1) is 39.4 Å². The molecule has 0 bridgehead atoms. The van der Waals surface area contributed by atoms with Crippen molar-refractivity contribution in [1.82, 2.24) is 0 Å². The monoisotopic (exact) mass is 316 g/mol. The smallest absolute Gasteiger partial charge is 0.199 e. The van der Waals surface area contributed by atoms with Crippen molar-refractivity contribution in [1.29, 1.82) is 15.8 Å². The van der Waals surface area contributed by atoms with E-state index in [0.29, 0.717) is 17.1 Å². The molecule has 0 fully saturated rings. The summed E-state index contributed by atoms with van der Waals surface area (Å²) in [7, 11) is 0. The van der Waals surface area contributed by atoms with Gasteiger partial charge in [-0.15, -0.1) is 0 Å². The molecular formula is C18H12N4O2. The fraction of sp³-hybridized carbons (Fsp3) is 0.167. The third-order valence-electron chi connectivity index (χ3n) is 4.42. The van der Waals surface area contributed by atoms with E-state index >= 15 is 0 Å². The first kappa shape index (κ1) is 15.2. The van der Waals surface area contributed by atoms with Crippen molar-refractivity contribution >= 4 is 5.57 Å². The first-order chi connectivity index (χ1) is 11.5. The summed E-state index contributed by atoms with van der Waals surface area (Å²) in [6.45, 7) is 1.68. The maximum absolute atomic E-state index is 9.79. The standard InChI is InChI=1S/C18H12N4O2/c1-17(15-5-3-7-24-15)8-12(14-4-2-6-23-14)13(9-19)16(22)18(17,10-20)11-21/h2-8H,22H2,1H3. The highest BCUT2D eigenvalue weighted by atomic mass is 16.3. The van der Waals surface area contributed by atoms with Crippen LogP contribution in [0.2, 0.25) is 0 Å². The van der Waals surface area contributed by atoms with Gasteiger partial charge in [0.25, 0.3) is 0 Å². The van der Waals surface area contributed by atoms with Gasteiger partial charge in [0.2, 0.25) is 0 Å². The molecule has 0 saturated carbocycles. The highest BCUT2D eigenvalue weighted by molar-refractivity contribution is 5.86. The Bertz CT molecular complexity index is 946. The fourth-order valence-electron chi connectivity index (χ4n) is 3.04. The summed E-state index contributed by atoms with van der Waals surface area (Å²) >= 11 is 0. The number of rotatable bonds is 2. The average Bonchev–Trinajstić information content (AvgIpc) is 3.29. The first-order valence-corrected chi connectivity index (χ1v) is 7.08. The van der Waals surface area contributed by atoms with E-state index in [1.807, 2.05) is 18.2 Å². The number of nitriles is 3. The highest BCUT2D eigenvalue weighted by Gasteiger charge is 2.57. The van der Waals surface area contributed by atoms with Gasteiger partial charge in [-0.25, -0.2) is 0 Å². The predicted molar refractivity (Wildman–Crippen MR) is 83.2 cm³/mol. The van der Waals surface area contributed by atoms with Crippen molar-refractivity contribution in [2.75, 3.05) is 0 Å². The van der Waals surface area contributed by atoms with Crippen LogP contribution in [0.15, 0.2) is 63.0 Å². The van der Waals surface area contributed by atoms with Gasteiger partial charge >= 0.3 is 0 Å². The van der Waals surface area contributed by atoms with Crippen molar-refractivity contribution in [3.05, 3.63) is 65.7 Å². The lowest BCUT2D eigenvalue weighted by Gasteiger charge is -2.39. The molecule has 0 amide bonds. The molecule has 0 radical (unpaired) electrons. The van der Waals surface area contributed by atoms with E-state index in [9.17, 15) is 15.8 Å². The predicted octanol–water partition coefficient (Wildman–Crippen LogP) is 3.00. The summed E-state index contributed by atoms with van der Waals surface area (Å²) in [5, 5.41) is 29.1. The summed E-state index contributed by atoms with van der Waals surface area (Å²) in [6, 6.07) is 12.7. The molecule has 1 aliphatic rings. The van der Waals surface area contributed by atoms with Crippen LogP contribution in [0.25, 0.3) is 5.57 Å². The van der Waals surface area contributed by atoms with Crippen molar-refractivity contribution in [3.63, 3.8) is 0 Å². The van der Waals surface area contributed by atoms with E-state index in [4.69, 9.17) is 14.6 Å². The SMILES string of the molecule is CC1(c2ccco2)C=C(c2ccco2)C(C#N)=C(N)C1(C#N)C#N. The van der Waals surface area contributed by atoms with Gasteiger partial charge in [0.05, 0.1) is 41.3 Å². The van der Waals surface area contributed by atoms with E-state index in [1.165, 1.54) is 12.5 Å². The minimum absolute atomic E-state index is 0.0529. The molecule has 2 aromatic rings. The summed E-state index contributed by atoms with van der Waals surface area (Å²) in [5.74, 6) is 0.825. The third kappa shape index (κ3) is 1.73. The van der Waals surface area contributed by atoms with E-state index in [0.717, 1.165) is 0 Å². The quantitative estimate of drug-likeness (QED) is 0.908. The van der Waals surface area contributed by atoms with E-state index in [-0.39, 0.29) is 11.3 Å². The second-order valence-electron chi connectivity index (χ2n) is 5.59. The van der Waals surface area contributed by atoms with Crippen molar-refractivity contribution in [2.24, 2.45) is 11.1 Å². The molecule has 2 N–H and O–H groups in total. The summed E-state index contributed by atoms with van der Waals surface area (Å²) < 4.78 is 10.9. The Labute approximate surface area is 138 Å². The van der Waals surface area contributed by atoms with E-state index < -0.39 is 10.8 Å². The lowest BCUT2D eigenvalue weighted by Crippen LogP contribution is -2.46. The van der Waals surface area contributed by atoms with Crippen LogP contribution in [-0.2, 0) is 5.41 Å². The Morgan fingerprint density at radius 2 is 1.71 bits per heavy atom. The molecule has 1 unspecified atom stereocenters. The van der Waals surface area contributed by atoms with Crippen LogP contribution >= 0.6 is 0 Å². The zero-order valence-corrected chi connectivity index (χ0v) is 12.8. The maximum Gasteiger partial charge on any atom is 0.199 e. The third-order valence-corrected chi connectivity index (χ3v) is 4.42. The molecule has 3 rings (SSSR count). The van der Waals surface area contributed by atoms with Crippen LogP contribution < -0.4 is 5.73 Å². The molecular weight excluding hydrogens is 304 g/mol. The molecule has 0 saturated heterocycles. The normalized spacial score (nSPS) is 22.2. The molecule has 6 heteroatoms. The molecule has 2 heterocycles. The number of nitrogens with zero attached hydrogens (tertiary/aromatic N) is 3. The molecule has 0 aromatic carbocycles. The van der Waals surface area contributed by atoms with E-state index in [2.05, 4.69) is 0 Å². The van der Waals surface area contributed by atoms with Crippen molar-refractivity contribution in [3.8, 4) is 18.2 Å². The molecule has 6 nitrogen and oxygen atoms in total. The Kier molecular flexibility index (Phi) is 3.29. The zero-order valence-electron chi connectivity index (χ0n) is 12.8. The van der Waals surface area contributed by atoms with Gasteiger partial charge in [-0.3, -0.25) is 0 Å².